The summed E-state index contributed by atoms with van der Waals surface area (Å²) in [7, 11) is -3.53. The van der Waals surface area contributed by atoms with Crippen LogP contribution in [0.1, 0.15) is 30.7 Å². The van der Waals surface area contributed by atoms with Crippen molar-refractivity contribution >= 4 is 16.1 Å². The van der Waals surface area contributed by atoms with Crippen LogP contribution in [-0.4, -0.2) is 25.7 Å². The van der Waals surface area contributed by atoms with Gasteiger partial charge in [-0.1, -0.05) is 12.1 Å². The minimum absolute atomic E-state index is 0.00443. The largest absolute Gasteiger partial charge is 0.481 e. The van der Waals surface area contributed by atoms with Gasteiger partial charge < -0.3 is 9.29 Å². The third-order valence-electron chi connectivity index (χ3n) is 3.14. The molecule has 0 aliphatic heterocycles. The minimum Gasteiger partial charge on any atom is -0.481 e. The maximum Gasteiger partial charge on any atom is 0.306 e. The predicted octanol–water partition coefficient (Wildman–Crippen LogP) is 1.99. The van der Waals surface area contributed by atoms with E-state index in [1.165, 1.54) is 0 Å². The Bertz CT molecular complexity index is 557. The monoisotopic (exact) mass is 284 g/mol. The zero-order valence-electron chi connectivity index (χ0n) is 10.6. The van der Waals surface area contributed by atoms with E-state index >= 15 is 0 Å². The first-order valence-corrected chi connectivity index (χ1v) is 7.88. The van der Waals surface area contributed by atoms with Crippen molar-refractivity contribution in [3.63, 3.8) is 0 Å². The highest BCUT2D eigenvalue weighted by Crippen LogP contribution is 2.44. The summed E-state index contributed by atoms with van der Waals surface area (Å²) in [5.41, 5.74) is 0.922. The van der Waals surface area contributed by atoms with Crippen molar-refractivity contribution in [1.82, 2.24) is 0 Å². The lowest BCUT2D eigenvalue weighted by Crippen LogP contribution is -2.09. The van der Waals surface area contributed by atoms with Gasteiger partial charge in [0.15, 0.2) is 0 Å². The van der Waals surface area contributed by atoms with Gasteiger partial charge in [-0.05, 0) is 42.4 Å². The van der Waals surface area contributed by atoms with Gasteiger partial charge in [0.25, 0.3) is 0 Å². The van der Waals surface area contributed by atoms with Crippen molar-refractivity contribution < 1.29 is 22.5 Å². The lowest BCUT2D eigenvalue weighted by Gasteiger charge is -2.14. The summed E-state index contributed by atoms with van der Waals surface area (Å²) < 4.78 is 26.7. The molecular formula is C13H16O5S. The number of carboxylic acid groups (broad SMARTS) is 1. The van der Waals surface area contributed by atoms with Crippen LogP contribution in [0.4, 0.5) is 0 Å². The molecule has 1 aliphatic carbocycles. The van der Waals surface area contributed by atoms with Crippen LogP contribution in [0.2, 0.25) is 0 Å². The maximum absolute atomic E-state index is 11.0. The summed E-state index contributed by atoms with van der Waals surface area (Å²) >= 11 is 0. The highest BCUT2D eigenvalue weighted by Gasteiger charge is 2.33. The Balaban J connectivity index is 2.13. The smallest absolute Gasteiger partial charge is 0.306 e. The Labute approximate surface area is 112 Å². The molecule has 1 aromatic carbocycles. The molecule has 6 heteroatoms. The van der Waals surface area contributed by atoms with Gasteiger partial charge in [-0.2, -0.15) is 8.42 Å². The van der Waals surface area contributed by atoms with Crippen LogP contribution in [0.3, 0.4) is 0 Å². The van der Waals surface area contributed by atoms with Crippen LogP contribution in [0, 0.1) is 5.92 Å². The molecule has 1 aromatic rings. The fourth-order valence-electron chi connectivity index (χ4n) is 2.19. The molecule has 2 rings (SSSR count). The Hall–Kier alpha value is -1.56. The van der Waals surface area contributed by atoms with E-state index in [-0.39, 0.29) is 18.1 Å². The number of carboxylic acids is 1. The molecule has 5 nitrogen and oxygen atoms in total. The van der Waals surface area contributed by atoms with E-state index in [0.29, 0.717) is 5.92 Å². The number of hydrogen-bond acceptors (Lipinski definition) is 4. The molecule has 1 unspecified atom stereocenters. The first kappa shape index (κ1) is 13.9. The Morgan fingerprint density at radius 2 is 1.95 bits per heavy atom. The van der Waals surface area contributed by atoms with Crippen molar-refractivity contribution in [2.24, 2.45) is 5.92 Å². The number of carbonyl (C=O) groups is 1. The summed E-state index contributed by atoms with van der Waals surface area (Å²) in [6, 6.07) is 6.61. The zero-order valence-corrected chi connectivity index (χ0v) is 11.4. The molecule has 1 aliphatic rings. The SMILES string of the molecule is CS(=O)(=O)Oc1ccc(C(CC(=O)O)C2CC2)cc1. The van der Waals surface area contributed by atoms with E-state index in [4.69, 9.17) is 9.29 Å². The van der Waals surface area contributed by atoms with Crippen LogP contribution >= 0.6 is 0 Å². The number of benzene rings is 1. The number of aliphatic carboxylic acids is 1. The molecule has 0 radical (unpaired) electrons. The summed E-state index contributed by atoms with van der Waals surface area (Å²) in [4.78, 5) is 10.9. The second-order valence-corrected chi connectivity index (χ2v) is 6.47. The first-order valence-electron chi connectivity index (χ1n) is 6.06. The first-order chi connectivity index (χ1) is 8.85. The molecule has 0 spiro atoms. The Morgan fingerprint density at radius 1 is 1.37 bits per heavy atom. The van der Waals surface area contributed by atoms with Gasteiger partial charge in [0, 0.05) is 0 Å². The van der Waals surface area contributed by atoms with Gasteiger partial charge >= 0.3 is 16.1 Å². The van der Waals surface area contributed by atoms with Crippen LogP contribution in [0.5, 0.6) is 5.75 Å². The van der Waals surface area contributed by atoms with Crippen molar-refractivity contribution in [3.8, 4) is 5.75 Å². The van der Waals surface area contributed by atoms with Gasteiger partial charge in [-0.3, -0.25) is 4.79 Å². The zero-order chi connectivity index (χ0) is 14.0. The molecule has 1 fully saturated rings. The third-order valence-corrected chi connectivity index (χ3v) is 3.64. The summed E-state index contributed by atoms with van der Waals surface area (Å²) in [6.45, 7) is 0. The lowest BCUT2D eigenvalue weighted by atomic mass is 9.91. The third kappa shape index (κ3) is 4.24. The van der Waals surface area contributed by atoms with Crippen molar-refractivity contribution in [1.29, 1.82) is 0 Å². The molecule has 1 atom stereocenters. The Morgan fingerprint density at radius 3 is 2.37 bits per heavy atom. The molecule has 1 saturated carbocycles. The van der Waals surface area contributed by atoms with E-state index in [9.17, 15) is 13.2 Å². The highest BCUT2D eigenvalue weighted by molar-refractivity contribution is 7.86. The molecule has 104 valence electrons. The second kappa shape index (κ2) is 5.21. The van der Waals surface area contributed by atoms with Crippen molar-refractivity contribution in [2.45, 2.75) is 25.2 Å². The topological polar surface area (TPSA) is 80.7 Å². The molecule has 0 saturated heterocycles. The predicted molar refractivity (Wildman–Crippen MR) is 69.6 cm³/mol. The second-order valence-electron chi connectivity index (χ2n) is 4.90. The summed E-state index contributed by atoms with van der Waals surface area (Å²) in [5.74, 6) is -0.132. The average Bonchev–Trinajstić information content (AvgIpc) is 3.08. The molecular weight excluding hydrogens is 268 g/mol. The average molecular weight is 284 g/mol. The Kier molecular flexibility index (Phi) is 3.80. The van der Waals surface area contributed by atoms with Crippen molar-refractivity contribution in [3.05, 3.63) is 29.8 Å². The van der Waals surface area contributed by atoms with Crippen LogP contribution in [0.15, 0.2) is 24.3 Å². The van der Waals surface area contributed by atoms with Gasteiger partial charge in [-0.25, -0.2) is 0 Å². The van der Waals surface area contributed by atoms with Crippen LogP contribution < -0.4 is 4.18 Å². The van der Waals surface area contributed by atoms with Crippen LogP contribution in [0.25, 0.3) is 0 Å². The van der Waals surface area contributed by atoms with E-state index in [1.54, 1.807) is 24.3 Å². The molecule has 0 aromatic heterocycles. The van der Waals surface area contributed by atoms with E-state index in [1.807, 2.05) is 0 Å². The van der Waals surface area contributed by atoms with Crippen molar-refractivity contribution in [2.75, 3.05) is 6.26 Å². The highest BCUT2D eigenvalue weighted by atomic mass is 32.2. The minimum atomic E-state index is -3.53. The van der Waals surface area contributed by atoms with Gasteiger partial charge in [-0.15, -0.1) is 0 Å². The molecule has 1 N–H and O–H groups in total. The number of hydrogen-bond donors (Lipinski definition) is 1. The molecule has 0 heterocycles. The standard InChI is InChI=1S/C13H16O5S/c1-19(16,17)18-11-6-4-10(5-7-11)12(8-13(14)15)9-2-3-9/h4-7,9,12H,2-3,8H2,1H3,(H,14,15). The van der Waals surface area contributed by atoms with Gasteiger partial charge in [0.1, 0.15) is 5.75 Å². The molecule has 19 heavy (non-hydrogen) atoms. The normalized spacial score (nSPS) is 16.9. The lowest BCUT2D eigenvalue weighted by molar-refractivity contribution is -0.137. The maximum atomic E-state index is 11.0. The molecule has 0 amide bonds. The van der Waals surface area contributed by atoms with E-state index in [0.717, 1.165) is 24.7 Å². The van der Waals surface area contributed by atoms with Gasteiger partial charge in [0.2, 0.25) is 0 Å². The fourth-order valence-corrected chi connectivity index (χ4v) is 2.65. The van der Waals surface area contributed by atoms with E-state index < -0.39 is 16.1 Å². The number of rotatable bonds is 6. The summed E-state index contributed by atoms with van der Waals surface area (Å²) in [5, 5.41) is 8.93. The molecule has 0 bridgehead atoms. The van der Waals surface area contributed by atoms with Crippen LogP contribution in [-0.2, 0) is 14.9 Å². The summed E-state index contributed by atoms with van der Waals surface area (Å²) in [6.07, 6.45) is 3.20. The fraction of sp³-hybridized carbons (Fsp3) is 0.462. The van der Waals surface area contributed by atoms with Gasteiger partial charge in [0.05, 0.1) is 12.7 Å². The van der Waals surface area contributed by atoms with E-state index in [2.05, 4.69) is 0 Å². The quantitative estimate of drug-likeness (QED) is 0.808.